The summed E-state index contributed by atoms with van der Waals surface area (Å²) in [5.41, 5.74) is 1.96. The van der Waals surface area contributed by atoms with Gasteiger partial charge in [-0.15, -0.1) is 0 Å². The first kappa shape index (κ1) is 12.5. The van der Waals surface area contributed by atoms with E-state index < -0.39 is 10.1 Å². The summed E-state index contributed by atoms with van der Waals surface area (Å²) in [6.45, 7) is 0. The summed E-state index contributed by atoms with van der Waals surface area (Å²) < 4.78 is 30.7. The van der Waals surface area contributed by atoms with Gasteiger partial charge in [-0.1, -0.05) is 36.4 Å². The van der Waals surface area contributed by atoms with Crippen molar-refractivity contribution in [3.63, 3.8) is 0 Å². The van der Waals surface area contributed by atoms with Crippen molar-refractivity contribution in [2.75, 3.05) is 0 Å². The van der Waals surface area contributed by atoms with Gasteiger partial charge in [0, 0.05) is 5.56 Å². The Morgan fingerprint density at radius 2 is 1.56 bits per heavy atom. The SMILES string of the molecule is O=Cc1ccccc1-c1ccc(S(=O)(=O)O)cc1. The second-order valence-electron chi connectivity index (χ2n) is 3.70. The number of benzene rings is 2. The van der Waals surface area contributed by atoms with Crippen LogP contribution >= 0.6 is 0 Å². The molecule has 4 nitrogen and oxygen atoms in total. The highest BCUT2D eigenvalue weighted by molar-refractivity contribution is 7.85. The molecule has 0 saturated carbocycles. The molecule has 0 spiro atoms. The van der Waals surface area contributed by atoms with Crippen LogP contribution in [0.25, 0.3) is 11.1 Å². The lowest BCUT2D eigenvalue weighted by Gasteiger charge is -2.05. The Morgan fingerprint density at radius 1 is 0.944 bits per heavy atom. The van der Waals surface area contributed by atoms with E-state index in [1.165, 1.54) is 12.1 Å². The molecule has 0 fully saturated rings. The van der Waals surface area contributed by atoms with Gasteiger partial charge in [0.2, 0.25) is 0 Å². The van der Waals surface area contributed by atoms with Crippen LogP contribution in [0, 0.1) is 0 Å². The summed E-state index contributed by atoms with van der Waals surface area (Å²) in [4.78, 5) is 10.7. The molecule has 0 aliphatic rings. The van der Waals surface area contributed by atoms with Crippen LogP contribution in [0.5, 0.6) is 0 Å². The number of rotatable bonds is 3. The van der Waals surface area contributed by atoms with Crippen molar-refractivity contribution in [2.24, 2.45) is 0 Å². The highest BCUT2D eigenvalue weighted by Crippen LogP contribution is 2.23. The van der Waals surface area contributed by atoms with Crippen molar-refractivity contribution < 1.29 is 17.8 Å². The molecule has 92 valence electrons. The summed E-state index contributed by atoms with van der Waals surface area (Å²) in [6, 6.07) is 12.7. The maximum Gasteiger partial charge on any atom is 0.294 e. The summed E-state index contributed by atoms with van der Waals surface area (Å²) >= 11 is 0. The summed E-state index contributed by atoms with van der Waals surface area (Å²) in [5.74, 6) is 0. The zero-order valence-corrected chi connectivity index (χ0v) is 10.1. The second-order valence-corrected chi connectivity index (χ2v) is 5.13. The van der Waals surface area contributed by atoms with Gasteiger partial charge in [0.1, 0.15) is 0 Å². The third-order valence-electron chi connectivity index (χ3n) is 2.55. The van der Waals surface area contributed by atoms with Crippen LogP contribution in [0.3, 0.4) is 0 Å². The molecule has 0 radical (unpaired) electrons. The van der Waals surface area contributed by atoms with E-state index in [9.17, 15) is 13.2 Å². The molecule has 0 aromatic heterocycles. The Bertz CT molecular complexity index is 672. The molecule has 5 heteroatoms. The standard InChI is InChI=1S/C13H10O4S/c14-9-11-3-1-2-4-13(11)10-5-7-12(8-6-10)18(15,16)17/h1-9H,(H,15,16,17). The Morgan fingerprint density at radius 3 is 2.11 bits per heavy atom. The Labute approximate surface area is 105 Å². The average molecular weight is 262 g/mol. The summed E-state index contributed by atoms with van der Waals surface area (Å²) in [6.07, 6.45) is 0.742. The Kier molecular flexibility index (Phi) is 3.27. The van der Waals surface area contributed by atoms with Crippen molar-refractivity contribution in [2.45, 2.75) is 4.90 Å². The minimum absolute atomic E-state index is 0.171. The lowest BCUT2D eigenvalue weighted by Crippen LogP contribution is -1.97. The van der Waals surface area contributed by atoms with Gasteiger partial charge >= 0.3 is 0 Å². The van der Waals surface area contributed by atoms with Gasteiger partial charge < -0.3 is 0 Å². The molecule has 2 aromatic carbocycles. The number of carbonyl (C=O) groups excluding carboxylic acids is 1. The van der Waals surface area contributed by atoms with Crippen molar-refractivity contribution in [3.05, 3.63) is 54.1 Å². The van der Waals surface area contributed by atoms with Crippen molar-refractivity contribution in [1.82, 2.24) is 0 Å². The van der Waals surface area contributed by atoms with E-state index >= 15 is 0 Å². The van der Waals surface area contributed by atoms with Crippen LogP contribution in [0.4, 0.5) is 0 Å². The highest BCUT2D eigenvalue weighted by atomic mass is 32.2. The molecule has 18 heavy (non-hydrogen) atoms. The molecule has 0 atom stereocenters. The predicted molar refractivity (Wildman–Crippen MR) is 67.1 cm³/mol. The van der Waals surface area contributed by atoms with Gasteiger partial charge in [-0.05, 0) is 23.3 Å². The molecular weight excluding hydrogens is 252 g/mol. The molecule has 0 amide bonds. The Hall–Kier alpha value is -1.98. The normalized spacial score (nSPS) is 11.2. The topological polar surface area (TPSA) is 71.4 Å². The smallest absolute Gasteiger partial charge is 0.294 e. The van der Waals surface area contributed by atoms with E-state index in [1.54, 1.807) is 36.4 Å². The molecule has 0 heterocycles. The number of hydrogen-bond donors (Lipinski definition) is 1. The number of hydrogen-bond acceptors (Lipinski definition) is 3. The van der Waals surface area contributed by atoms with Crippen molar-refractivity contribution in [1.29, 1.82) is 0 Å². The first-order valence-electron chi connectivity index (χ1n) is 5.14. The van der Waals surface area contributed by atoms with Gasteiger partial charge in [-0.2, -0.15) is 8.42 Å². The molecule has 0 saturated heterocycles. The lowest BCUT2D eigenvalue weighted by molar-refractivity contribution is 0.112. The average Bonchev–Trinajstić information content (AvgIpc) is 2.38. The van der Waals surface area contributed by atoms with Crippen LogP contribution in [0.1, 0.15) is 10.4 Å². The minimum atomic E-state index is -4.19. The first-order valence-corrected chi connectivity index (χ1v) is 6.58. The van der Waals surface area contributed by atoms with Gasteiger partial charge in [-0.25, -0.2) is 0 Å². The lowest BCUT2D eigenvalue weighted by atomic mass is 10.0. The molecular formula is C13H10O4S. The molecule has 0 aliphatic carbocycles. The monoisotopic (exact) mass is 262 g/mol. The molecule has 2 rings (SSSR count). The molecule has 0 unspecified atom stereocenters. The molecule has 1 N–H and O–H groups in total. The van der Waals surface area contributed by atoms with E-state index in [1.807, 2.05) is 0 Å². The maximum absolute atomic E-state index is 10.9. The van der Waals surface area contributed by atoms with Gasteiger partial charge in [0.25, 0.3) is 10.1 Å². The highest BCUT2D eigenvalue weighted by Gasteiger charge is 2.10. The van der Waals surface area contributed by atoms with E-state index in [2.05, 4.69) is 0 Å². The first-order chi connectivity index (χ1) is 8.52. The van der Waals surface area contributed by atoms with Crippen LogP contribution < -0.4 is 0 Å². The number of aldehydes is 1. The Balaban J connectivity index is 2.50. The van der Waals surface area contributed by atoms with E-state index in [4.69, 9.17) is 4.55 Å². The fourth-order valence-corrected chi connectivity index (χ4v) is 2.15. The van der Waals surface area contributed by atoms with Crippen LogP contribution in [0.15, 0.2) is 53.4 Å². The van der Waals surface area contributed by atoms with Crippen LogP contribution in [0.2, 0.25) is 0 Å². The largest absolute Gasteiger partial charge is 0.298 e. The second kappa shape index (κ2) is 4.72. The molecule has 0 bridgehead atoms. The maximum atomic E-state index is 10.9. The zero-order chi connectivity index (χ0) is 13.2. The van der Waals surface area contributed by atoms with E-state index in [-0.39, 0.29) is 4.90 Å². The minimum Gasteiger partial charge on any atom is -0.298 e. The van der Waals surface area contributed by atoms with Gasteiger partial charge in [0.15, 0.2) is 6.29 Å². The van der Waals surface area contributed by atoms with Crippen LogP contribution in [-0.4, -0.2) is 19.3 Å². The van der Waals surface area contributed by atoms with Crippen LogP contribution in [-0.2, 0) is 10.1 Å². The third-order valence-corrected chi connectivity index (χ3v) is 3.42. The summed E-state index contributed by atoms with van der Waals surface area (Å²) in [5, 5.41) is 0. The molecule has 0 aliphatic heterocycles. The quantitative estimate of drug-likeness (QED) is 0.681. The molecule has 2 aromatic rings. The summed E-state index contributed by atoms with van der Waals surface area (Å²) in [7, 11) is -4.19. The fourth-order valence-electron chi connectivity index (χ4n) is 1.67. The zero-order valence-electron chi connectivity index (χ0n) is 9.28. The van der Waals surface area contributed by atoms with Crippen molar-refractivity contribution in [3.8, 4) is 11.1 Å². The predicted octanol–water partition coefficient (Wildman–Crippen LogP) is 2.41. The van der Waals surface area contributed by atoms with E-state index in [0.29, 0.717) is 11.1 Å². The van der Waals surface area contributed by atoms with E-state index in [0.717, 1.165) is 11.8 Å². The van der Waals surface area contributed by atoms with Gasteiger partial charge in [0.05, 0.1) is 4.90 Å². The van der Waals surface area contributed by atoms with Gasteiger partial charge in [-0.3, -0.25) is 9.35 Å². The number of carbonyl (C=O) groups is 1. The van der Waals surface area contributed by atoms with Crippen molar-refractivity contribution >= 4 is 16.4 Å². The third kappa shape index (κ3) is 2.47. The fraction of sp³-hybridized carbons (Fsp3) is 0.